The molecule has 0 aromatic heterocycles. The molecular formula is C35H32N2O4. The summed E-state index contributed by atoms with van der Waals surface area (Å²) in [6.45, 7) is 2.08. The van der Waals surface area contributed by atoms with Crippen LogP contribution in [0.5, 0.6) is 17.2 Å². The first-order chi connectivity index (χ1) is 20.1. The Morgan fingerprint density at radius 1 is 0.756 bits per heavy atom. The molecule has 206 valence electrons. The maximum Gasteiger partial charge on any atom is 0.424 e. The first-order valence-electron chi connectivity index (χ1n) is 14.1. The molecule has 6 heteroatoms. The van der Waals surface area contributed by atoms with Crippen molar-refractivity contribution in [3.8, 4) is 17.2 Å². The summed E-state index contributed by atoms with van der Waals surface area (Å²) in [7, 11) is 3.34. The van der Waals surface area contributed by atoms with Gasteiger partial charge in [0.1, 0.15) is 5.75 Å². The van der Waals surface area contributed by atoms with Crippen LogP contribution >= 0.6 is 0 Å². The third-order valence-electron chi connectivity index (χ3n) is 8.54. The number of fused-ring (bicyclic) bond motifs is 7. The van der Waals surface area contributed by atoms with E-state index in [1.165, 1.54) is 29.4 Å². The lowest BCUT2D eigenvalue weighted by molar-refractivity contribution is 0.210. The first-order valence-corrected chi connectivity index (χ1v) is 14.1. The molecule has 0 saturated carbocycles. The van der Waals surface area contributed by atoms with Crippen molar-refractivity contribution >= 4 is 39.0 Å². The van der Waals surface area contributed by atoms with Gasteiger partial charge in [0.15, 0.2) is 11.5 Å². The van der Waals surface area contributed by atoms with Gasteiger partial charge in [0.05, 0.1) is 25.6 Å². The summed E-state index contributed by atoms with van der Waals surface area (Å²) < 4.78 is 17.5. The highest BCUT2D eigenvalue weighted by Crippen LogP contribution is 2.44. The SMILES string of the molecule is COc1cc2c3c(c4ccc(OC(=O)N(c5ccccc5)c5ccccc5)cc4c2cc1OC)CC1CCCN1C3. The smallest absolute Gasteiger partial charge is 0.424 e. The average Bonchev–Trinajstić information content (AvgIpc) is 3.48. The van der Waals surface area contributed by atoms with E-state index in [-0.39, 0.29) is 0 Å². The standard InChI is InChI=1S/C35H32N2O4/c1-39-33-20-30-29-19-26(41-35(38)37(23-10-5-3-6-11-23)24-12-7-4-8-13-24)15-16-27(29)28-18-25-14-9-17-36(25)22-32(28)31(30)21-34(33)40-2/h3-8,10-13,15-16,19-21,25H,9,14,17-18,22H2,1-2H3. The summed E-state index contributed by atoms with van der Waals surface area (Å²) in [5, 5.41) is 4.47. The van der Waals surface area contributed by atoms with Gasteiger partial charge in [-0.3, -0.25) is 4.90 Å². The highest BCUT2D eigenvalue weighted by molar-refractivity contribution is 6.12. The predicted molar refractivity (Wildman–Crippen MR) is 163 cm³/mol. The number of ether oxygens (including phenoxy) is 3. The molecule has 0 N–H and O–H groups in total. The van der Waals surface area contributed by atoms with Gasteiger partial charge in [-0.15, -0.1) is 0 Å². The topological polar surface area (TPSA) is 51.2 Å². The molecule has 0 bridgehead atoms. The highest BCUT2D eigenvalue weighted by Gasteiger charge is 2.32. The van der Waals surface area contributed by atoms with Gasteiger partial charge < -0.3 is 14.2 Å². The fraction of sp³-hybridized carbons (Fsp3) is 0.229. The number of nitrogens with zero attached hydrogens (tertiary/aromatic N) is 2. The van der Waals surface area contributed by atoms with Crippen LogP contribution in [0.4, 0.5) is 16.2 Å². The minimum absolute atomic E-state index is 0.468. The summed E-state index contributed by atoms with van der Waals surface area (Å²) in [6.07, 6.45) is 3.02. The maximum absolute atomic E-state index is 13.7. The van der Waals surface area contributed by atoms with Gasteiger partial charge in [0.25, 0.3) is 0 Å². The predicted octanol–water partition coefficient (Wildman–Crippen LogP) is 7.87. The second-order valence-electron chi connectivity index (χ2n) is 10.8. The van der Waals surface area contributed by atoms with E-state index in [9.17, 15) is 4.79 Å². The first kappa shape index (κ1) is 25.4. The zero-order valence-corrected chi connectivity index (χ0v) is 23.3. The van der Waals surface area contributed by atoms with Gasteiger partial charge in [0.2, 0.25) is 0 Å². The molecule has 0 radical (unpaired) electrons. The van der Waals surface area contributed by atoms with E-state index in [4.69, 9.17) is 14.2 Å². The number of amides is 1. The number of methoxy groups -OCH3 is 2. The number of para-hydroxylation sites is 2. The number of hydrogen-bond acceptors (Lipinski definition) is 5. The van der Waals surface area contributed by atoms with Crippen LogP contribution in [0.2, 0.25) is 0 Å². The normalized spacial score (nSPS) is 16.3. The molecule has 5 aromatic rings. The van der Waals surface area contributed by atoms with E-state index in [0.29, 0.717) is 23.3 Å². The van der Waals surface area contributed by atoms with E-state index in [1.807, 2.05) is 72.8 Å². The third-order valence-corrected chi connectivity index (χ3v) is 8.54. The van der Waals surface area contributed by atoms with Gasteiger partial charge in [0, 0.05) is 12.6 Å². The second kappa shape index (κ2) is 10.5. The van der Waals surface area contributed by atoms with Crippen molar-refractivity contribution in [3.05, 3.63) is 102 Å². The lowest BCUT2D eigenvalue weighted by Crippen LogP contribution is -2.35. The molecule has 0 spiro atoms. The Labute approximate surface area is 239 Å². The molecule has 41 heavy (non-hydrogen) atoms. The largest absolute Gasteiger partial charge is 0.493 e. The number of rotatable bonds is 5. The Hall–Kier alpha value is -4.55. The van der Waals surface area contributed by atoms with Crippen molar-refractivity contribution in [2.24, 2.45) is 0 Å². The molecule has 1 fully saturated rings. The molecular weight excluding hydrogens is 512 g/mol. The third kappa shape index (κ3) is 4.45. The summed E-state index contributed by atoms with van der Waals surface area (Å²) in [5.74, 6) is 1.89. The monoisotopic (exact) mass is 544 g/mol. The minimum Gasteiger partial charge on any atom is -0.493 e. The molecule has 7 rings (SSSR count). The molecule has 1 unspecified atom stereocenters. The van der Waals surface area contributed by atoms with Gasteiger partial charge in [-0.05, 0) is 107 Å². The van der Waals surface area contributed by atoms with Crippen molar-refractivity contribution in [1.82, 2.24) is 4.90 Å². The van der Waals surface area contributed by atoms with Crippen LogP contribution < -0.4 is 19.1 Å². The fourth-order valence-electron chi connectivity index (χ4n) is 6.60. The Balaban J connectivity index is 1.36. The molecule has 0 aliphatic carbocycles. The van der Waals surface area contributed by atoms with Crippen LogP contribution in [-0.4, -0.2) is 37.8 Å². The van der Waals surface area contributed by atoms with Crippen molar-refractivity contribution in [2.75, 3.05) is 25.7 Å². The molecule has 1 amide bonds. The molecule has 2 aliphatic rings. The molecule has 1 saturated heterocycles. The molecule has 6 nitrogen and oxygen atoms in total. The van der Waals surface area contributed by atoms with E-state index in [2.05, 4.69) is 23.1 Å². The molecule has 1 atom stereocenters. The lowest BCUT2D eigenvalue weighted by atomic mass is 9.85. The molecule has 5 aromatic carbocycles. The quantitative estimate of drug-likeness (QED) is 0.211. The Kier molecular flexibility index (Phi) is 6.48. The molecule has 2 heterocycles. The van der Waals surface area contributed by atoms with Crippen molar-refractivity contribution in [3.63, 3.8) is 0 Å². The van der Waals surface area contributed by atoms with Gasteiger partial charge in [-0.1, -0.05) is 42.5 Å². The van der Waals surface area contributed by atoms with Crippen LogP contribution in [0.15, 0.2) is 91.0 Å². The van der Waals surface area contributed by atoms with E-state index >= 15 is 0 Å². The summed E-state index contributed by atoms with van der Waals surface area (Å²) in [6, 6.07) is 29.9. The second-order valence-corrected chi connectivity index (χ2v) is 10.8. The fourth-order valence-corrected chi connectivity index (χ4v) is 6.60. The lowest BCUT2D eigenvalue weighted by Gasteiger charge is -2.33. The zero-order chi connectivity index (χ0) is 27.9. The number of benzene rings is 5. The van der Waals surface area contributed by atoms with E-state index in [0.717, 1.165) is 47.0 Å². The van der Waals surface area contributed by atoms with E-state index in [1.54, 1.807) is 19.1 Å². The summed E-state index contributed by atoms with van der Waals surface area (Å²) >= 11 is 0. The van der Waals surface area contributed by atoms with E-state index < -0.39 is 6.09 Å². The van der Waals surface area contributed by atoms with Crippen LogP contribution in [-0.2, 0) is 13.0 Å². The Morgan fingerprint density at radius 2 is 1.39 bits per heavy atom. The number of carbonyl (C=O) groups excluding carboxylic acids is 1. The van der Waals surface area contributed by atoms with Gasteiger partial charge >= 0.3 is 6.09 Å². The number of carbonyl (C=O) groups is 1. The Bertz CT molecular complexity index is 1710. The van der Waals surface area contributed by atoms with Crippen molar-refractivity contribution in [1.29, 1.82) is 0 Å². The highest BCUT2D eigenvalue weighted by atomic mass is 16.6. The summed E-state index contributed by atoms with van der Waals surface area (Å²) in [5.41, 5.74) is 4.22. The van der Waals surface area contributed by atoms with Crippen LogP contribution in [0.25, 0.3) is 21.5 Å². The minimum atomic E-state index is -0.468. The van der Waals surface area contributed by atoms with Crippen LogP contribution in [0.3, 0.4) is 0 Å². The zero-order valence-electron chi connectivity index (χ0n) is 23.3. The Morgan fingerprint density at radius 3 is 2.05 bits per heavy atom. The molecule has 2 aliphatic heterocycles. The number of hydrogen-bond donors (Lipinski definition) is 0. The average molecular weight is 545 g/mol. The maximum atomic E-state index is 13.7. The van der Waals surface area contributed by atoms with Gasteiger partial charge in [-0.25, -0.2) is 9.69 Å². The van der Waals surface area contributed by atoms with Gasteiger partial charge in [-0.2, -0.15) is 0 Å². The van der Waals surface area contributed by atoms with Crippen molar-refractivity contribution < 1.29 is 19.0 Å². The number of anilines is 2. The summed E-state index contributed by atoms with van der Waals surface area (Å²) in [4.78, 5) is 17.9. The van der Waals surface area contributed by atoms with Crippen LogP contribution in [0, 0.1) is 0 Å². The van der Waals surface area contributed by atoms with Crippen molar-refractivity contribution in [2.45, 2.75) is 31.8 Å². The van der Waals surface area contributed by atoms with Crippen LogP contribution in [0.1, 0.15) is 24.0 Å².